The van der Waals surface area contributed by atoms with E-state index in [9.17, 15) is 0 Å². The van der Waals surface area contributed by atoms with Crippen LogP contribution in [-0.2, 0) is 0 Å². The van der Waals surface area contributed by atoms with Crippen molar-refractivity contribution >= 4 is 11.8 Å². The normalized spacial score (nSPS) is 40.5. The molecule has 0 aromatic rings. The fourth-order valence-electron chi connectivity index (χ4n) is 4.23. The molecule has 2 rings (SSSR count). The van der Waals surface area contributed by atoms with E-state index in [1.807, 2.05) is 11.8 Å². The van der Waals surface area contributed by atoms with Gasteiger partial charge in [-0.05, 0) is 41.8 Å². The molecule has 2 bridgehead atoms. The molecule has 16 heavy (non-hydrogen) atoms. The van der Waals surface area contributed by atoms with Crippen LogP contribution in [0.15, 0.2) is 0 Å². The third-order valence-corrected chi connectivity index (χ3v) is 5.97. The number of nitrogens with one attached hydrogen (secondary N) is 1. The van der Waals surface area contributed by atoms with E-state index in [1.54, 1.807) is 0 Å². The molecule has 2 aliphatic carbocycles. The van der Waals surface area contributed by atoms with E-state index in [0.717, 1.165) is 12.0 Å². The van der Waals surface area contributed by atoms with E-state index in [0.29, 0.717) is 10.8 Å². The van der Waals surface area contributed by atoms with Gasteiger partial charge in [0.2, 0.25) is 0 Å². The Balaban J connectivity index is 1.92. The number of fused-ring (bicyclic) bond motifs is 2. The van der Waals surface area contributed by atoms with Crippen LogP contribution in [0.4, 0.5) is 0 Å². The van der Waals surface area contributed by atoms with Gasteiger partial charge in [0, 0.05) is 18.3 Å². The molecule has 3 atom stereocenters. The third kappa shape index (κ3) is 2.03. The van der Waals surface area contributed by atoms with Gasteiger partial charge in [-0.15, -0.1) is 0 Å². The summed E-state index contributed by atoms with van der Waals surface area (Å²) in [6.45, 7) is 10.9. The van der Waals surface area contributed by atoms with Gasteiger partial charge in [-0.3, -0.25) is 0 Å². The maximum atomic E-state index is 3.86. The van der Waals surface area contributed by atoms with Crippen LogP contribution in [0, 0.1) is 16.7 Å². The zero-order valence-electron chi connectivity index (χ0n) is 11.3. The summed E-state index contributed by atoms with van der Waals surface area (Å²) in [5.74, 6) is 3.48. The molecule has 2 fully saturated rings. The molecule has 0 aromatic carbocycles. The molecular weight excluding hydrogens is 214 g/mol. The van der Waals surface area contributed by atoms with Crippen molar-refractivity contribution in [2.24, 2.45) is 16.7 Å². The van der Waals surface area contributed by atoms with Gasteiger partial charge in [-0.2, -0.15) is 11.8 Å². The fraction of sp³-hybridized carbons (Fsp3) is 1.00. The van der Waals surface area contributed by atoms with Crippen molar-refractivity contribution in [2.75, 3.05) is 18.1 Å². The molecule has 1 nitrogen and oxygen atoms in total. The van der Waals surface area contributed by atoms with Crippen molar-refractivity contribution in [3.05, 3.63) is 0 Å². The van der Waals surface area contributed by atoms with E-state index in [1.165, 1.54) is 37.3 Å². The average Bonchev–Trinajstić information content (AvgIpc) is 2.68. The molecule has 0 aromatic heterocycles. The zero-order valence-corrected chi connectivity index (χ0v) is 12.1. The molecule has 2 heteroatoms. The van der Waals surface area contributed by atoms with E-state index in [2.05, 4.69) is 33.0 Å². The van der Waals surface area contributed by atoms with Crippen molar-refractivity contribution in [1.82, 2.24) is 5.32 Å². The second-order valence-corrected chi connectivity index (χ2v) is 7.89. The Kier molecular flexibility index (Phi) is 3.61. The largest absolute Gasteiger partial charge is 0.312 e. The maximum absolute atomic E-state index is 3.86. The molecule has 0 radical (unpaired) electrons. The van der Waals surface area contributed by atoms with Crippen LogP contribution in [0.25, 0.3) is 0 Å². The van der Waals surface area contributed by atoms with Crippen molar-refractivity contribution in [2.45, 2.75) is 53.0 Å². The Bertz CT molecular complexity index is 246. The summed E-state index contributed by atoms with van der Waals surface area (Å²) in [6.07, 6.45) is 4.36. The van der Waals surface area contributed by atoms with Gasteiger partial charge in [0.15, 0.2) is 0 Å². The zero-order chi connectivity index (χ0) is 11.8. The first-order valence-corrected chi connectivity index (χ1v) is 7.97. The summed E-state index contributed by atoms with van der Waals surface area (Å²) in [6, 6.07) is 0.746. The summed E-state index contributed by atoms with van der Waals surface area (Å²) >= 11 is 2.05. The van der Waals surface area contributed by atoms with Crippen molar-refractivity contribution in [3.8, 4) is 0 Å². The number of thioether (sulfide) groups is 1. The van der Waals surface area contributed by atoms with Crippen molar-refractivity contribution in [3.63, 3.8) is 0 Å². The minimum atomic E-state index is 0.518. The SMILES string of the molecule is CCSCCNC1C2(C)CCC(C2)C1(C)C. The van der Waals surface area contributed by atoms with Gasteiger partial charge in [0.1, 0.15) is 0 Å². The topological polar surface area (TPSA) is 12.0 Å². The lowest BCUT2D eigenvalue weighted by Crippen LogP contribution is -2.50. The Hall–Kier alpha value is 0.310. The highest BCUT2D eigenvalue weighted by atomic mass is 32.2. The highest BCUT2D eigenvalue weighted by Gasteiger charge is 2.58. The monoisotopic (exact) mass is 241 g/mol. The molecule has 0 heterocycles. The minimum Gasteiger partial charge on any atom is -0.312 e. The quantitative estimate of drug-likeness (QED) is 0.739. The predicted molar refractivity (Wildman–Crippen MR) is 74.0 cm³/mol. The smallest absolute Gasteiger partial charge is 0.0175 e. The molecule has 1 N–H and O–H groups in total. The lowest BCUT2D eigenvalue weighted by molar-refractivity contribution is 0.111. The van der Waals surface area contributed by atoms with Crippen LogP contribution in [0.3, 0.4) is 0 Å². The first kappa shape index (κ1) is 12.8. The Morgan fingerprint density at radius 3 is 2.62 bits per heavy atom. The highest BCUT2D eigenvalue weighted by molar-refractivity contribution is 7.99. The summed E-state index contributed by atoms with van der Waals surface area (Å²) in [4.78, 5) is 0. The summed E-state index contributed by atoms with van der Waals surface area (Å²) < 4.78 is 0. The molecule has 2 aliphatic rings. The van der Waals surface area contributed by atoms with Gasteiger partial charge in [-0.1, -0.05) is 27.7 Å². The van der Waals surface area contributed by atoms with E-state index < -0.39 is 0 Å². The average molecular weight is 241 g/mol. The third-order valence-electron chi connectivity index (χ3n) is 5.07. The van der Waals surface area contributed by atoms with Gasteiger partial charge >= 0.3 is 0 Å². The lowest BCUT2D eigenvalue weighted by atomic mass is 9.68. The van der Waals surface area contributed by atoms with E-state index >= 15 is 0 Å². The van der Waals surface area contributed by atoms with E-state index in [4.69, 9.17) is 0 Å². The van der Waals surface area contributed by atoms with E-state index in [-0.39, 0.29) is 0 Å². The van der Waals surface area contributed by atoms with Crippen LogP contribution < -0.4 is 5.32 Å². The van der Waals surface area contributed by atoms with Gasteiger partial charge < -0.3 is 5.32 Å². The summed E-state index contributed by atoms with van der Waals surface area (Å²) in [7, 11) is 0. The highest BCUT2D eigenvalue weighted by Crippen LogP contribution is 2.62. The van der Waals surface area contributed by atoms with Gasteiger partial charge in [0.05, 0.1) is 0 Å². The first-order chi connectivity index (χ1) is 7.50. The molecule has 3 unspecified atom stereocenters. The van der Waals surface area contributed by atoms with Crippen molar-refractivity contribution in [1.29, 1.82) is 0 Å². The number of rotatable bonds is 5. The fourth-order valence-corrected chi connectivity index (χ4v) is 4.78. The van der Waals surface area contributed by atoms with Crippen LogP contribution in [-0.4, -0.2) is 24.1 Å². The maximum Gasteiger partial charge on any atom is 0.0175 e. The van der Waals surface area contributed by atoms with Crippen LogP contribution >= 0.6 is 11.8 Å². The molecule has 2 saturated carbocycles. The predicted octanol–water partition coefficient (Wildman–Crippen LogP) is 3.54. The minimum absolute atomic E-state index is 0.518. The number of hydrogen-bond acceptors (Lipinski definition) is 2. The molecule has 0 saturated heterocycles. The first-order valence-electron chi connectivity index (χ1n) is 6.82. The lowest BCUT2D eigenvalue weighted by Gasteiger charge is -2.43. The molecular formula is C14H27NS. The Morgan fingerprint density at radius 2 is 2.06 bits per heavy atom. The van der Waals surface area contributed by atoms with Crippen LogP contribution in [0.5, 0.6) is 0 Å². The van der Waals surface area contributed by atoms with Gasteiger partial charge in [0.25, 0.3) is 0 Å². The number of hydrogen-bond donors (Lipinski definition) is 1. The molecule has 0 amide bonds. The summed E-state index contributed by atoms with van der Waals surface area (Å²) in [5.41, 5.74) is 1.11. The molecule has 94 valence electrons. The molecule has 0 aliphatic heterocycles. The second-order valence-electron chi connectivity index (χ2n) is 6.50. The summed E-state index contributed by atoms with van der Waals surface area (Å²) in [5, 5.41) is 3.86. The van der Waals surface area contributed by atoms with Crippen molar-refractivity contribution < 1.29 is 0 Å². The Morgan fingerprint density at radius 1 is 1.31 bits per heavy atom. The standard InChI is InChI=1S/C14H27NS/c1-5-16-9-8-15-12-13(2,3)11-6-7-14(12,4)10-11/h11-12,15H,5-10H2,1-4H3. The van der Waals surface area contributed by atoms with Crippen LogP contribution in [0.1, 0.15) is 47.0 Å². The van der Waals surface area contributed by atoms with Gasteiger partial charge in [-0.25, -0.2) is 0 Å². The molecule has 0 spiro atoms. The van der Waals surface area contributed by atoms with Crippen LogP contribution in [0.2, 0.25) is 0 Å². The second kappa shape index (κ2) is 4.53. The Labute approximate surface area is 105 Å².